The normalized spacial score (nSPS) is 29.0. The van der Waals surface area contributed by atoms with Crippen molar-refractivity contribution in [1.82, 2.24) is 9.80 Å². The topological polar surface area (TPSA) is 18.5 Å². The van der Waals surface area contributed by atoms with Crippen LogP contribution in [0.25, 0.3) is 0 Å². The first kappa shape index (κ1) is 14.5. The zero-order valence-electron chi connectivity index (χ0n) is 13.9. The molecular weight excluding hydrogens is 270 g/mol. The number of likely N-dealkylation sites (tertiary alicyclic amines) is 2. The number of benzene rings is 1. The second kappa shape index (κ2) is 5.86. The summed E-state index contributed by atoms with van der Waals surface area (Å²) in [4.78, 5) is 5.30. The van der Waals surface area contributed by atoms with Gasteiger partial charge in [-0.25, -0.2) is 0 Å². The molecule has 2 fully saturated rings. The maximum atomic E-state index is 3.65. The Bertz CT molecular complexity index is 519. The molecule has 1 N–H and O–H groups in total. The first-order valence-corrected chi connectivity index (χ1v) is 9.03. The number of fused-ring (bicyclic) bond motifs is 2. The molecule has 0 amide bonds. The van der Waals surface area contributed by atoms with E-state index in [9.17, 15) is 0 Å². The minimum Gasteiger partial charge on any atom is -0.384 e. The molecular formula is C19H29N3. The van der Waals surface area contributed by atoms with Crippen LogP contribution in [0.3, 0.4) is 0 Å². The number of anilines is 1. The number of nitrogens with zero attached hydrogens (tertiary/aromatic N) is 2. The van der Waals surface area contributed by atoms with E-state index in [-0.39, 0.29) is 0 Å². The second-order valence-electron chi connectivity index (χ2n) is 7.60. The fraction of sp³-hybridized carbons (Fsp3) is 0.684. The Labute approximate surface area is 134 Å². The lowest BCUT2D eigenvalue weighted by atomic mass is 9.74. The third-order valence-electron chi connectivity index (χ3n) is 6.31. The smallest absolute Gasteiger partial charge is 0.0379 e. The van der Waals surface area contributed by atoms with Crippen LogP contribution in [-0.2, 0) is 5.41 Å². The number of hydrogen-bond acceptors (Lipinski definition) is 3. The third kappa shape index (κ3) is 2.55. The Morgan fingerprint density at radius 3 is 2.73 bits per heavy atom. The SMILES string of the molecule is CN1CCCC(N2CCC3(CC2)CNc2ccccc23)CC1. The van der Waals surface area contributed by atoms with Gasteiger partial charge >= 0.3 is 0 Å². The van der Waals surface area contributed by atoms with E-state index in [4.69, 9.17) is 0 Å². The molecule has 0 aliphatic carbocycles. The van der Waals surface area contributed by atoms with Crippen LogP contribution in [0.5, 0.6) is 0 Å². The average Bonchev–Trinajstić information content (AvgIpc) is 2.75. The summed E-state index contributed by atoms with van der Waals surface area (Å²) in [6.45, 7) is 6.27. The highest BCUT2D eigenvalue weighted by atomic mass is 15.2. The molecule has 1 spiro atoms. The molecule has 3 nitrogen and oxygen atoms in total. The average molecular weight is 299 g/mol. The molecule has 1 unspecified atom stereocenters. The molecule has 0 bridgehead atoms. The predicted molar refractivity (Wildman–Crippen MR) is 92.6 cm³/mol. The largest absolute Gasteiger partial charge is 0.384 e. The standard InChI is InChI=1S/C19H29N3/c1-21-11-4-5-16(8-12-21)22-13-9-19(10-14-22)15-20-18-7-3-2-6-17(18)19/h2-3,6-7,16,20H,4-5,8-15H2,1H3. The van der Waals surface area contributed by atoms with Crippen molar-refractivity contribution < 1.29 is 0 Å². The van der Waals surface area contributed by atoms with Crippen LogP contribution >= 0.6 is 0 Å². The minimum absolute atomic E-state index is 0.411. The van der Waals surface area contributed by atoms with Gasteiger partial charge in [-0.2, -0.15) is 0 Å². The Hall–Kier alpha value is -1.06. The monoisotopic (exact) mass is 299 g/mol. The molecule has 1 atom stereocenters. The third-order valence-corrected chi connectivity index (χ3v) is 6.31. The molecule has 1 aromatic rings. The van der Waals surface area contributed by atoms with Crippen LogP contribution in [-0.4, -0.2) is 55.6 Å². The van der Waals surface area contributed by atoms with Gasteiger partial charge in [0.15, 0.2) is 0 Å². The van der Waals surface area contributed by atoms with Crippen LogP contribution < -0.4 is 5.32 Å². The van der Waals surface area contributed by atoms with Gasteiger partial charge in [0.1, 0.15) is 0 Å². The summed E-state index contributed by atoms with van der Waals surface area (Å²) in [5.74, 6) is 0. The number of nitrogens with one attached hydrogen (secondary N) is 1. The first-order valence-electron chi connectivity index (χ1n) is 9.03. The molecule has 3 heteroatoms. The predicted octanol–water partition coefficient (Wildman–Crippen LogP) is 2.93. The molecule has 1 aromatic carbocycles. The molecule has 0 saturated carbocycles. The molecule has 0 aromatic heterocycles. The summed E-state index contributed by atoms with van der Waals surface area (Å²) in [5.41, 5.74) is 3.37. The van der Waals surface area contributed by atoms with Gasteiger partial charge in [0.25, 0.3) is 0 Å². The molecule has 3 heterocycles. The highest BCUT2D eigenvalue weighted by Gasteiger charge is 2.42. The van der Waals surface area contributed by atoms with Crippen LogP contribution in [0.15, 0.2) is 24.3 Å². The number of rotatable bonds is 1. The Morgan fingerprint density at radius 2 is 1.86 bits per heavy atom. The van der Waals surface area contributed by atoms with Crippen LogP contribution in [0.1, 0.15) is 37.7 Å². The highest BCUT2D eigenvalue weighted by molar-refractivity contribution is 5.60. The Balaban J connectivity index is 1.43. The quantitative estimate of drug-likeness (QED) is 0.860. The van der Waals surface area contributed by atoms with Gasteiger partial charge in [0.05, 0.1) is 0 Å². The van der Waals surface area contributed by atoms with Gasteiger partial charge in [-0.1, -0.05) is 18.2 Å². The van der Waals surface area contributed by atoms with Gasteiger partial charge in [0.2, 0.25) is 0 Å². The number of para-hydroxylation sites is 1. The Kier molecular flexibility index (Phi) is 3.87. The second-order valence-corrected chi connectivity index (χ2v) is 7.60. The fourth-order valence-electron chi connectivity index (χ4n) is 4.81. The maximum absolute atomic E-state index is 3.65. The van der Waals surface area contributed by atoms with Gasteiger partial charge in [0, 0.05) is 23.7 Å². The van der Waals surface area contributed by atoms with E-state index in [1.165, 1.54) is 64.0 Å². The lowest BCUT2D eigenvalue weighted by Crippen LogP contribution is -2.48. The number of piperidine rings is 1. The molecule has 4 rings (SSSR count). The fourth-order valence-corrected chi connectivity index (χ4v) is 4.81. The molecule has 22 heavy (non-hydrogen) atoms. The van der Waals surface area contributed by atoms with Crippen molar-refractivity contribution in [3.8, 4) is 0 Å². The van der Waals surface area contributed by atoms with Crippen LogP contribution in [0.2, 0.25) is 0 Å². The minimum atomic E-state index is 0.411. The van der Waals surface area contributed by atoms with E-state index >= 15 is 0 Å². The first-order chi connectivity index (χ1) is 10.8. The van der Waals surface area contributed by atoms with Gasteiger partial charge < -0.3 is 15.1 Å². The summed E-state index contributed by atoms with van der Waals surface area (Å²) in [6, 6.07) is 9.79. The van der Waals surface area contributed by atoms with Crippen LogP contribution in [0.4, 0.5) is 5.69 Å². The van der Waals surface area contributed by atoms with E-state index < -0.39 is 0 Å². The lowest BCUT2D eigenvalue weighted by molar-refractivity contribution is 0.112. The van der Waals surface area contributed by atoms with Crippen molar-refractivity contribution in [3.05, 3.63) is 29.8 Å². The molecule has 120 valence electrons. The molecule has 0 radical (unpaired) electrons. The zero-order chi connectivity index (χ0) is 15.0. The maximum Gasteiger partial charge on any atom is 0.0379 e. The van der Waals surface area contributed by atoms with E-state index in [0.717, 1.165) is 12.6 Å². The van der Waals surface area contributed by atoms with Crippen LogP contribution in [0, 0.1) is 0 Å². The van der Waals surface area contributed by atoms with E-state index in [1.54, 1.807) is 5.56 Å². The van der Waals surface area contributed by atoms with Crippen molar-refractivity contribution >= 4 is 5.69 Å². The molecule has 3 aliphatic heterocycles. The summed E-state index contributed by atoms with van der Waals surface area (Å²) < 4.78 is 0. The van der Waals surface area contributed by atoms with Crippen molar-refractivity contribution in [2.24, 2.45) is 0 Å². The highest BCUT2D eigenvalue weighted by Crippen LogP contribution is 2.44. The summed E-state index contributed by atoms with van der Waals surface area (Å²) in [6.07, 6.45) is 6.77. The van der Waals surface area contributed by atoms with Crippen molar-refractivity contribution in [3.63, 3.8) is 0 Å². The van der Waals surface area contributed by atoms with E-state index in [2.05, 4.69) is 46.4 Å². The molecule has 2 saturated heterocycles. The van der Waals surface area contributed by atoms with E-state index in [0.29, 0.717) is 5.41 Å². The number of hydrogen-bond donors (Lipinski definition) is 1. The lowest BCUT2D eigenvalue weighted by Gasteiger charge is -2.42. The Morgan fingerprint density at radius 1 is 1.05 bits per heavy atom. The van der Waals surface area contributed by atoms with Crippen molar-refractivity contribution in [1.29, 1.82) is 0 Å². The summed E-state index contributed by atoms with van der Waals surface area (Å²) in [7, 11) is 2.27. The zero-order valence-corrected chi connectivity index (χ0v) is 13.9. The van der Waals surface area contributed by atoms with Gasteiger partial charge in [-0.3, -0.25) is 0 Å². The van der Waals surface area contributed by atoms with E-state index in [1.807, 2.05) is 0 Å². The summed E-state index contributed by atoms with van der Waals surface area (Å²) in [5, 5.41) is 3.65. The molecule has 3 aliphatic rings. The van der Waals surface area contributed by atoms with Crippen molar-refractivity contribution in [2.45, 2.75) is 43.6 Å². The van der Waals surface area contributed by atoms with Gasteiger partial charge in [-0.15, -0.1) is 0 Å². The van der Waals surface area contributed by atoms with Crippen molar-refractivity contribution in [2.75, 3.05) is 45.1 Å². The van der Waals surface area contributed by atoms with Gasteiger partial charge in [-0.05, 0) is 77.0 Å². The summed E-state index contributed by atoms with van der Waals surface area (Å²) >= 11 is 0.